The Morgan fingerprint density at radius 3 is 2.71 bits per heavy atom. The minimum atomic E-state index is -0.124. The topological polar surface area (TPSA) is 64.3 Å². The van der Waals surface area contributed by atoms with Gasteiger partial charge in [-0.05, 0) is 54.3 Å². The molecule has 0 aliphatic carbocycles. The average molecular weight is 282 g/mol. The molecule has 4 heteroatoms. The lowest BCUT2D eigenvalue weighted by atomic mass is 10.0. The molecule has 0 fully saturated rings. The molecule has 0 spiro atoms. The van der Waals surface area contributed by atoms with Crippen LogP contribution in [0.4, 0.5) is 11.4 Å². The maximum Gasteiger partial charge on any atom is 0.255 e. The Morgan fingerprint density at radius 1 is 1.14 bits per heavy atom. The van der Waals surface area contributed by atoms with Crippen LogP contribution in [0.25, 0.3) is 0 Å². The number of ether oxygens (including phenoxy) is 1. The van der Waals surface area contributed by atoms with E-state index in [1.54, 1.807) is 0 Å². The van der Waals surface area contributed by atoms with E-state index in [0.717, 1.165) is 27.9 Å². The number of hydrogen-bond acceptors (Lipinski definition) is 3. The third-order valence-electron chi connectivity index (χ3n) is 3.94. The second-order valence-corrected chi connectivity index (χ2v) is 5.40. The summed E-state index contributed by atoms with van der Waals surface area (Å²) in [4.78, 5) is 12.4. The molecule has 2 aromatic rings. The standard InChI is InChI=1S/C17H18N2O2/c1-10-3-6-15(18)11(2)16(10)19-17(20)12-4-5-13-8-21-9-14(13)7-12/h3-7H,8-9,18H2,1-2H3,(H,19,20). The smallest absolute Gasteiger partial charge is 0.255 e. The molecule has 0 atom stereocenters. The summed E-state index contributed by atoms with van der Waals surface area (Å²) in [5.74, 6) is -0.124. The van der Waals surface area contributed by atoms with Gasteiger partial charge in [0, 0.05) is 16.9 Å². The van der Waals surface area contributed by atoms with Crippen molar-refractivity contribution in [2.24, 2.45) is 0 Å². The van der Waals surface area contributed by atoms with Crippen molar-refractivity contribution in [3.8, 4) is 0 Å². The maximum atomic E-state index is 12.4. The predicted octanol–water partition coefficient (Wildman–Crippen LogP) is 3.17. The highest BCUT2D eigenvalue weighted by molar-refractivity contribution is 6.05. The van der Waals surface area contributed by atoms with Crippen LogP contribution >= 0.6 is 0 Å². The number of anilines is 2. The molecule has 1 heterocycles. The normalized spacial score (nSPS) is 13.0. The Bertz CT molecular complexity index is 723. The number of nitrogens with two attached hydrogens (primary N) is 1. The van der Waals surface area contributed by atoms with E-state index >= 15 is 0 Å². The van der Waals surface area contributed by atoms with Gasteiger partial charge in [0.1, 0.15) is 0 Å². The van der Waals surface area contributed by atoms with Crippen LogP contribution in [-0.4, -0.2) is 5.91 Å². The van der Waals surface area contributed by atoms with Gasteiger partial charge in [0.2, 0.25) is 0 Å². The second-order valence-electron chi connectivity index (χ2n) is 5.40. The van der Waals surface area contributed by atoms with E-state index in [-0.39, 0.29) is 5.91 Å². The molecule has 0 radical (unpaired) electrons. The molecule has 0 saturated heterocycles. The van der Waals surface area contributed by atoms with Gasteiger partial charge in [-0.15, -0.1) is 0 Å². The monoisotopic (exact) mass is 282 g/mol. The molecule has 0 aromatic heterocycles. The molecular formula is C17H18N2O2. The quantitative estimate of drug-likeness (QED) is 0.832. The van der Waals surface area contributed by atoms with Crippen LogP contribution in [0.3, 0.4) is 0 Å². The molecule has 4 nitrogen and oxygen atoms in total. The zero-order chi connectivity index (χ0) is 15.0. The Balaban J connectivity index is 1.89. The Hall–Kier alpha value is -2.33. The van der Waals surface area contributed by atoms with E-state index in [4.69, 9.17) is 10.5 Å². The van der Waals surface area contributed by atoms with Crippen molar-refractivity contribution in [3.05, 3.63) is 58.1 Å². The first-order valence-corrected chi connectivity index (χ1v) is 6.93. The van der Waals surface area contributed by atoms with Crippen molar-refractivity contribution in [2.45, 2.75) is 27.1 Å². The van der Waals surface area contributed by atoms with Gasteiger partial charge in [-0.2, -0.15) is 0 Å². The predicted molar refractivity (Wildman–Crippen MR) is 83.2 cm³/mol. The van der Waals surface area contributed by atoms with E-state index in [1.165, 1.54) is 0 Å². The molecule has 2 aromatic carbocycles. The number of fused-ring (bicyclic) bond motifs is 1. The summed E-state index contributed by atoms with van der Waals surface area (Å²) in [5, 5.41) is 2.97. The molecule has 3 N–H and O–H groups in total. The Morgan fingerprint density at radius 2 is 1.90 bits per heavy atom. The highest BCUT2D eigenvalue weighted by atomic mass is 16.5. The molecule has 1 aliphatic heterocycles. The van der Waals surface area contributed by atoms with Gasteiger partial charge in [-0.1, -0.05) is 12.1 Å². The van der Waals surface area contributed by atoms with Crippen molar-refractivity contribution >= 4 is 17.3 Å². The number of amides is 1. The lowest BCUT2D eigenvalue weighted by molar-refractivity contribution is 0.102. The summed E-state index contributed by atoms with van der Waals surface area (Å²) < 4.78 is 5.37. The minimum Gasteiger partial charge on any atom is -0.398 e. The summed E-state index contributed by atoms with van der Waals surface area (Å²) in [6.07, 6.45) is 0. The van der Waals surface area contributed by atoms with Crippen LogP contribution in [0, 0.1) is 13.8 Å². The van der Waals surface area contributed by atoms with Gasteiger partial charge in [0.15, 0.2) is 0 Å². The molecule has 1 amide bonds. The van der Waals surface area contributed by atoms with E-state index in [1.807, 2.05) is 44.2 Å². The van der Waals surface area contributed by atoms with Crippen LogP contribution in [0.15, 0.2) is 30.3 Å². The molecule has 108 valence electrons. The summed E-state index contributed by atoms with van der Waals surface area (Å²) >= 11 is 0. The summed E-state index contributed by atoms with van der Waals surface area (Å²) in [6, 6.07) is 9.45. The molecule has 0 unspecified atom stereocenters. The van der Waals surface area contributed by atoms with Crippen LogP contribution in [0.5, 0.6) is 0 Å². The first-order valence-electron chi connectivity index (χ1n) is 6.93. The highest BCUT2D eigenvalue weighted by Gasteiger charge is 2.16. The lowest BCUT2D eigenvalue weighted by Crippen LogP contribution is -2.14. The summed E-state index contributed by atoms with van der Waals surface area (Å²) in [7, 11) is 0. The minimum absolute atomic E-state index is 0.124. The van der Waals surface area contributed by atoms with Gasteiger partial charge in [-0.25, -0.2) is 0 Å². The third kappa shape index (κ3) is 2.50. The van der Waals surface area contributed by atoms with E-state index in [9.17, 15) is 4.79 Å². The molecule has 1 aliphatic rings. The third-order valence-corrected chi connectivity index (χ3v) is 3.94. The van der Waals surface area contributed by atoms with Gasteiger partial charge < -0.3 is 15.8 Å². The van der Waals surface area contributed by atoms with Crippen molar-refractivity contribution < 1.29 is 9.53 Å². The van der Waals surface area contributed by atoms with Crippen molar-refractivity contribution in [1.29, 1.82) is 0 Å². The fourth-order valence-electron chi connectivity index (χ4n) is 2.55. The zero-order valence-corrected chi connectivity index (χ0v) is 12.2. The largest absolute Gasteiger partial charge is 0.398 e. The summed E-state index contributed by atoms with van der Waals surface area (Å²) in [6.45, 7) is 5.07. The van der Waals surface area contributed by atoms with Crippen molar-refractivity contribution in [3.63, 3.8) is 0 Å². The molecule has 0 saturated carbocycles. The van der Waals surface area contributed by atoms with Crippen molar-refractivity contribution in [2.75, 3.05) is 11.1 Å². The number of nitrogens with one attached hydrogen (secondary N) is 1. The number of carbonyl (C=O) groups is 1. The highest BCUT2D eigenvalue weighted by Crippen LogP contribution is 2.26. The first-order chi connectivity index (χ1) is 10.1. The Labute approximate surface area is 123 Å². The number of rotatable bonds is 2. The fourth-order valence-corrected chi connectivity index (χ4v) is 2.55. The van der Waals surface area contributed by atoms with Gasteiger partial charge in [-0.3, -0.25) is 4.79 Å². The molecule has 3 rings (SSSR count). The zero-order valence-electron chi connectivity index (χ0n) is 12.2. The molecular weight excluding hydrogens is 264 g/mol. The number of nitrogen functional groups attached to an aromatic ring is 1. The summed E-state index contributed by atoms with van der Waals surface area (Å²) in [5.41, 5.74) is 12.2. The number of benzene rings is 2. The van der Waals surface area contributed by atoms with Gasteiger partial charge in [0.05, 0.1) is 13.2 Å². The average Bonchev–Trinajstić information content (AvgIpc) is 2.94. The second kappa shape index (κ2) is 5.22. The van der Waals surface area contributed by atoms with Crippen LogP contribution in [0.2, 0.25) is 0 Å². The fraction of sp³-hybridized carbons (Fsp3) is 0.235. The van der Waals surface area contributed by atoms with Gasteiger partial charge in [0.25, 0.3) is 5.91 Å². The SMILES string of the molecule is Cc1ccc(N)c(C)c1NC(=O)c1ccc2c(c1)COC2. The number of carbonyl (C=O) groups excluding carboxylic acids is 1. The van der Waals surface area contributed by atoms with E-state index < -0.39 is 0 Å². The van der Waals surface area contributed by atoms with Crippen LogP contribution in [0.1, 0.15) is 32.6 Å². The number of aryl methyl sites for hydroxylation is 1. The molecule has 21 heavy (non-hydrogen) atoms. The maximum absolute atomic E-state index is 12.4. The van der Waals surface area contributed by atoms with Crippen LogP contribution < -0.4 is 11.1 Å². The molecule has 0 bridgehead atoms. The van der Waals surface area contributed by atoms with Crippen LogP contribution in [-0.2, 0) is 18.0 Å². The lowest BCUT2D eigenvalue weighted by Gasteiger charge is -2.13. The Kier molecular flexibility index (Phi) is 3.39. The first kappa shape index (κ1) is 13.6. The number of hydrogen-bond donors (Lipinski definition) is 2. The van der Waals surface area contributed by atoms with E-state index in [2.05, 4.69) is 5.32 Å². The van der Waals surface area contributed by atoms with Crippen molar-refractivity contribution in [1.82, 2.24) is 0 Å². The van der Waals surface area contributed by atoms with E-state index in [0.29, 0.717) is 24.5 Å². The van der Waals surface area contributed by atoms with Gasteiger partial charge >= 0.3 is 0 Å².